The van der Waals surface area contributed by atoms with E-state index >= 15 is 0 Å². The lowest BCUT2D eigenvalue weighted by Gasteiger charge is -2.32. The van der Waals surface area contributed by atoms with Crippen molar-refractivity contribution < 1.29 is 4.79 Å². The van der Waals surface area contributed by atoms with E-state index in [4.69, 9.17) is 0 Å². The fourth-order valence-electron chi connectivity index (χ4n) is 3.54. The number of hydrogen-bond acceptors (Lipinski definition) is 6. The molecule has 0 radical (unpaired) electrons. The Morgan fingerprint density at radius 1 is 1.08 bits per heavy atom. The van der Waals surface area contributed by atoms with Crippen molar-refractivity contribution in [2.24, 2.45) is 0 Å². The van der Waals surface area contributed by atoms with Gasteiger partial charge in [-0.3, -0.25) is 4.79 Å². The Balaban J connectivity index is 1.49. The Morgan fingerprint density at radius 2 is 1.88 bits per heavy atom. The van der Waals surface area contributed by atoms with E-state index in [0.29, 0.717) is 17.2 Å². The van der Waals surface area contributed by atoms with Gasteiger partial charge < -0.3 is 19.7 Å². The van der Waals surface area contributed by atoms with E-state index in [1.807, 2.05) is 6.92 Å². The highest BCUT2D eigenvalue weighted by Crippen LogP contribution is 2.21. The van der Waals surface area contributed by atoms with Gasteiger partial charge in [0.15, 0.2) is 0 Å². The Morgan fingerprint density at radius 3 is 2.65 bits per heavy atom. The molecule has 1 saturated heterocycles. The van der Waals surface area contributed by atoms with Gasteiger partial charge in [-0.15, -0.1) is 0 Å². The monoisotopic (exact) mass is 355 g/mol. The smallest absolute Gasteiger partial charge is 0.260 e. The lowest BCUT2D eigenvalue weighted by atomic mass is 10.2. The highest BCUT2D eigenvalue weighted by molar-refractivity contribution is 6.04. The summed E-state index contributed by atoms with van der Waals surface area (Å²) in [5.41, 5.74) is 1.21. The molecule has 0 saturated carbocycles. The van der Waals surface area contributed by atoms with Crippen LogP contribution in [0.5, 0.6) is 0 Å². The molecule has 0 aromatic carbocycles. The average molecular weight is 355 g/mol. The largest absolute Gasteiger partial charge is 0.338 e. The minimum absolute atomic E-state index is 0.180. The molecule has 2 aromatic rings. The van der Waals surface area contributed by atoms with Crippen molar-refractivity contribution in [1.29, 1.82) is 0 Å². The molecule has 2 aliphatic heterocycles. The van der Waals surface area contributed by atoms with E-state index in [1.54, 1.807) is 12.4 Å². The van der Waals surface area contributed by atoms with E-state index in [1.165, 1.54) is 0 Å². The molecule has 138 valence electrons. The van der Waals surface area contributed by atoms with Gasteiger partial charge in [-0.05, 0) is 26.8 Å². The summed E-state index contributed by atoms with van der Waals surface area (Å²) in [4.78, 5) is 30.6. The molecule has 1 fully saturated rings. The van der Waals surface area contributed by atoms with E-state index in [-0.39, 0.29) is 5.91 Å². The molecule has 8 nitrogen and oxygen atoms in total. The van der Waals surface area contributed by atoms with Crippen LogP contribution < -0.4 is 10.2 Å². The van der Waals surface area contributed by atoms with Crippen LogP contribution in [-0.2, 0) is 13.0 Å². The van der Waals surface area contributed by atoms with Crippen molar-refractivity contribution in [3.8, 4) is 0 Å². The Hall–Kier alpha value is -2.48. The van der Waals surface area contributed by atoms with Crippen molar-refractivity contribution in [3.63, 3.8) is 0 Å². The number of nitrogens with zero attached hydrogens (tertiary/aromatic N) is 6. The minimum atomic E-state index is -0.180. The second-order valence-corrected chi connectivity index (χ2v) is 7.08. The zero-order valence-electron chi connectivity index (χ0n) is 15.4. The second-order valence-electron chi connectivity index (χ2n) is 7.08. The third-order valence-electron chi connectivity index (χ3n) is 5.21. The summed E-state index contributed by atoms with van der Waals surface area (Å²) in [6.45, 7) is 6.58. The van der Waals surface area contributed by atoms with E-state index in [0.717, 1.165) is 63.6 Å². The van der Waals surface area contributed by atoms with E-state index in [9.17, 15) is 4.79 Å². The number of rotatable bonds is 3. The number of imidazole rings is 1. The van der Waals surface area contributed by atoms with E-state index < -0.39 is 0 Å². The number of aromatic nitrogens is 4. The Bertz CT molecular complexity index is 808. The maximum absolute atomic E-state index is 12.7. The number of hydrogen-bond donors (Lipinski definition) is 1. The normalized spacial score (nSPS) is 17.8. The average Bonchev–Trinajstić information content (AvgIpc) is 3.05. The first kappa shape index (κ1) is 17.0. The number of carbonyl (C=O) groups excluding carboxylic acids is 1. The van der Waals surface area contributed by atoms with Crippen LogP contribution in [0.3, 0.4) is 0 Å². The molecule has 2 aromatic heterocycles. The summed E-state index contributed by atoms with van der Waals surface area (Å²) in [5.74, 6) is 2.33. The number of nitrogens with one attached hydrogen (secondary N) is 1. The molecule has 2 aliphatic rings. The van der Waals surface area contributed by atoms with Gasteiger partial charge in [0.1, 0.15) is 11.6 Å². The number of amides is 1. The van der Waals surface area contributed by atoms with Crippen molar-refractivity contribution >= 4 is 17.7 Å². The minimum Gasteiger partial charge on any atom is -0.338 e. The predicted molar refractivity (Wildman–Crippen MR) is 99.6 cm³/mol. The molecule has 4 heterocycles. The fraction of sp³-hybridized carbons (Fsp3) is 0.556. The highest BCUT2D eigenvalue weighted by atomic mass is 16.1. The summed E-state index contributed by atoms with van der Waals surface area (Å²) >= 11 is 0. The van der Waals surface area contributed by atoms with Crippen LogP contribution in [0.2, 0.25) is 0 Å². The standard InChI is InChI=1S/C18H25N7O/c1-13-14(11-20-18(21-13)24-9-7-23(2)8-10-24)17(26)22-16-12-19-15-5-3-4-6-25(15)16/h11-12H,3-10H2,1-2H3,(H,22,26). The van der Waals surface area contributed by atoms with Crippen molar-refractivity contribution in [3.05, 3.63) is 29.5 Å². The number of anilines is 2. The molecule has 1 amide bonds. The lowest BCUT2D eigenvalue weighted by Crippen LogP contribution is -2.45. The van der Waals surface area contributed by atoms with Crippen molar-refractivity contribution in [1.82, 2.24) is 24.4 Å². The first-order valence-electron chi connectivity index (χ1n) is 9.25. The van der Waals surface area contributed by atoms with Crippen LogP contribution in [0, 0.1) is 6.92 Å². The number of fused-ring (bicyclic) bond motifs is 1. The zero-order valence-corrected chi connectivity index (χ0v) is 15.4. The number of piperazine rings is 1. The maximum Gasteiger partial charge on any atom is 0.260 e. The molecule has 0 aliphatic carbocycles. The van der Waals surface area contributed by atoms with Crippen molar-refractivity contribution in [2.45, 2.75) is 32.7 Å². The first-order chi connectivity index (χ1) is 12.6. The fourth-order valence-corrected chi connectivity index (χ4v) is 3.54. The van der Waals surface area contributed by atoms with Gasteiger partial charge in [-0.1, -0.05) is 0 Å². The van der Waals surface area contributed by atoms with Gasteiger partial charge in [0, 0.05) is 45.3 Å². The summed E-state index contributed by atoms with van der Waals surface area (Å²) < 4.78 is 2.09. The van der Waals surface area contributed by atoms with Crippen LogP contribution in [0.15, 0.2) is 12.4 Å². The maximum atomic E-state index is 12.7. The molecule has 8 heteroatoms. The van der Waals surface area contributed by atoms with Crippen LogP contribution >= 0.6 is 0 Å². The molecule has 0 bridgehead atoms. The summed E-state index contributed by atoms with van der Waals surface area (Å²) in [6, 6.07) is 0. The van der Waals surface area contributed by atoms with E-state index in [2.05, 4.69) is 41.7 Å². The molecule has 1 N–H and O–H groups in total. The molecule has 4 rings (SSSR count). The molecule has 0 atom stereocenters. The molecular formula is C18H25N7O. The SMILES string of the molecule is Cc1nc(N2CCN(C)CC2)ncc1C(=O)Nc1cnc2n1CCCC2. The quantitative estimate of drug-likeness (QED) is 0.895. The highest BCUT2D eigenvalue weighted by Gasteiger charge is 2.20. The van der Waals surface area contributed by atoms with Gasteiger partial charge >= 0.3 is 0 Å². The second kappa shape index (κ2) is 7.03. The Labute approximate surface area is 153 Å². The van der Waals surface area contributed by atoms with Gasteiger partial charge in [0.05, 0.1) is 17.5 Å². The molecule has 26 heavy (non-hydrogen) atoms. The topological polar surface area (TPSA) is 79.2 Å². The van der Waals surface area contributed by atoms with Gasteiger partial charge in [0.2, 0.25) is 5.95 Å². The number of aryl methyl sites for hydroxylation is 2. The number of carbonyl (C=O) groups is 1. The first-order valence-corrected chi connectivity index (χ1v) is 9.25. The van der Waals surface area contributed by atoms with Crippen LogP contribution in [0.4, 0.5) is 11.8 Å². The summed E-state index contributed by atoms with van der Waals surface area (Å²) in [7, 11) is 2.12. The Kier molecular flexibility index (Phi) is 4.58. The summed E-state index contributed by atoms with van der Waals surface area (Å²) in [5, 5.41) is 2.97. The van der Waals surface area contributed by atoms with Gasteiger partial charge in [-0.2, -0.15) is 0 Å². The third kappa shape index (κ3) is 3.29. The molecule has 0 unspecified atom stereocenters. The zero-order chi connectivity index (χ0) is 18.1. The van der Waals surface area contributed by atoms with Gasteiger partial charge in [-0.25, -0.2) is 15.0 Å². The van der Waals surface area contributed by atoms with Gasteiger partial charge in [0.25, 0.3) is 5.91 Å². The summed E-state index contributed by atoms with van der Waals surface area (Å²) in [6.07, 6.45) is 6.63. The molecular weight excluding hydrogens is 330 g/mol. The predicted octanol–water partition coefficient (Wildman–Crippen LogP) is 1.32. The van der Waals surface area contributed by atoms with Crippen LogP contribution in [-0.4, -0.2) is 63.6 Å². The van der Waals surface area contributed by atoms with Crippen LogP contribution in [0.25, 0.3) is 0 Å². The number of likely N-dealkylation sites (N-methyl/N-ethyl adjacent to an activating group) is 1. The third-order valence-corrected chi connectivity index (χ3v) is 5.21. The van der Waals surface area contributed by atoms with Crippen molar-refractivity contribution in [2.75, 3.05) is 43.4 Å². The van der Waals surface area contributed by atoms with Crippen LogP contribution in [0.1, 0.15) is 34.7 Å². The lowest BCUT2D eigenvalue weighted by molar-refractivity contribution is 0.102. The molecule has 0 spiro atoms.